The van der Waals surface area contributed by atoms with Gasteiger partial charge in [0.05, 0.1) is 35.3 Å². The van der Waals surface area contributed by atoms with Crippen molar-refractivity contribution >= 4 is 40.4 Å². The average Bonchev–Trinajstić information content (AvgIpc) is 2.83. The van der Waals surface area contributed by atoms with Crippen molar-refractivity contribution in [2.75, 3.05) is 14.2 Å². The molecule has 0 aliphatic rings. The number of nitrogens with one attached hydrogen (secondary N) is 1. The van der Waals surface area contributed by atoms with Crippen LogP contribution < -0.4 is 19.6 Å². The van der Waals surface area contributed by atoms with Crippen molar-refractivity contribution in [1.82, 2.24) is 5.43 Å². The molecule has 3 rings (SSSR count). The first-order valence-corrected chi connectivity index (χ1v) is 11.2. The Balaban J connectivity index is 1.61. The van der Waals surface area contributed by atoms with Gasteiger partial charge in [-0.05, 0) is 75.7 Å². The summed E-state index contributed by atoms with van der Waals surface area (Å²) in [6.45, 7) is 0.221. The zero-order valence-corrected chi connectivity index (χ0v) is 20.6. The smallest absolute Gasteiger partial charge is 0.269 e. The molecule has 1 amide bonds. The quantitative estimate of drug-likeness (QED) is 0.165. The molecule has 0 bridgehead atoms. The van der Waals surface area contributed by atoms with Gasteiger partial charge in [0.1, 0.15) is 12.4 Å². The molecule has 3 aromatic carbocycles. The maximum absolute atomic E-state index is 12.1. The third kappa shape index (κ3) is 6.91. The number of methoxy groups -OCH3 is 2. The third-order valence-corrected chi connectivity index (χ3v) is 5.51. The number of benzene rings is 3. The minimum absolute atomic E-state index is 0.0237. The lowest BCUT2D eigenvalue weighted by Crippen LogP contribution is -2.19. The molecular formula is C24H22IN3O6. The van der Waals surface area contributed by atoms with E-state index in [2.05, 4.69) is 33.1 Å². The Bertz CT molecular complexity index is 1180. The second kappa shape index (κ2) is 12.0. The van der Waals surface area contributed by atoms with E-state index in [-0.39, 0.29) is 24.6 Å². The highest BCUT2D eigenvalue weighted by molar-refractivity contribution is 14.1. The van der Waals surface area contributed by atoms with Gasteiger partial charge < -0.3 is 14.2 Å². The van der Waals surface area contributed by atoms with Crippen LogP contribution in [0.3, 0.4) is 0 Å². The third-order valence-electron chi connectivity index (χ3n) is 4.71. The van der Waals surface area contributed by atoms with Crippen LogP contribution >= 0.6 is 22.6 Å². The van der Waals surface area contributed by atoms with Crippen molar-refractivity contribution in [1.29, 1.82) is 0 Å². The molecule has 0 fully saturated rings. The second-order valence-electron chi connectivity index (χ2n) is 7.06. The summed E-state index contributed by atoms with van der Waals surface area (Å²) in [7, 11) is 3.12. The minimum atomic E-state index is -0.446. The molecule has 1 N–H and O–H groups in total. The average molecular weight is 575 g/mol. The lowest BCUT2D eigenvalue weighted by molar-refractivity contribution is -0.384. The van der Waals surface area contributed by atoms with E-state index in [1.165, 1.54) is 25.5 Å². The van der Waals surface area contributed by atoms with E-state index in [0.29, 0.717) is 17.1 Å². The van der Waals surface area contributed by atoms with E-state index in [0.717, 1.165) is 20.4 Å². The van der Waals surface area contributed by atoms with Crippen molar-refractivity contribution in [2.24, 2.45) is 5.10 Å². The molecule has 176 valence electrons. The largest absolute Gasteiger partial charge is 0.497 e. The van der Waals surface area contributed by atoms with Gasteiger partial charge in [0.2, 0.25) is 5.91 Å². The summed E-state index contributed by atoms with van der Waals surface area (Å²) in [6.07, 6.45) is 1.72. The fraction of sp³-hybridized carbons (Fsp3) is 0.167. The molecule has 0 aliphatic carbocycles. The van der Waals surface area contributed by atoms with Gasteiger partial charge in [-0.1, -0.05) is 12.1 Å². The lowest BCUT2D eigenvalue weighted by Gasteiger charge is -2.13. The first kappa shape index (κ1) is 25.0. The molecule has 0 spiro atoms. The van der Waals surface area contributed by atoms with E-state index >= 15 is 0 Å². The number of non-ortho nitro benzene ring substituents is 1. The first-order chi connectivity index (χ1) is 16.4. The molecule has 0 atom stereocenters. The van der Waals surface area contributed by atoms with Crippen LogP contribution in [0.2, 0.25) is 0 Å². The molecule has 10 heteroatoms. The summed E-state index contributed by atoms with van der Waals surface area (Å²) < 4.78 is 17.2. The number of halogens is 1. The van der Waals surface area contributed by atoms with Crippen LogP contribution in [0.25, 0.3) is 0 Å². The Kier molecular flexibility index (Phi) is 8.79. The number of nitrogens with zero attached hydrogens (tertiary/aromatic N) is 2. The normalized spacial score (nSPS) is 10.7. The Hall–Kier alpha value is -3.67. The van der Waals surface area contributed by atoms with Crippen LogP contribution in [0, 0.1) is 13.7 Å². The van der Waals surface area contributed by atoms with Gasteiger partial charge in [0.25, 0.3) is 5.69 Å². The molecule has 0 heterocycles. The van der Waals surface area contributed by atoms with E-state index in [1.807, 2.05) is 18.2 Å². The van der Waals surface area contributed by atoms with Crippen LogP contribution in [0.15, 0.2) is 65.8 Å². The number of hydrazone groups is 1. The van der Waals surface area contributed by atoms with E-state index in [4.69, 9.17) is 14.2 Å². The highest BCUT2D eigenvalue weighted by Crippen LogP contribution is 2.34. The molecule has 3 aromatic rings. The van der Waals surface area contributed by atoms with Gasteiger partial charge in [-0.15, -0.1) is 0 Å². The van der Waals surface area contributed by atoms with Crippen molar-refractivity contribution in [3.63, 3.8) is 0 Å². The first-order valence-electron chi connectivity index (χ1n) is 10.1. The monoisotopic (exact) mass is 575 g/mol. The molecular weight excluding hydrogens is 553 g/mol. The standard InChI is InChI=1S/C24H22IN3O6/c1-32-20-9-5-16(6-10-20)13-23(29)27-26-14-18-11-21(25)24(22(12-18)33-2)34-15-17-3-7-19(8-4-17)28(30)31/h3-12,14H,13,15H2,1-2H3,(H,27,29)/b26-14-. The van der Waals surface area contributed by atoms with Crippen molar-refractivity contribution < 1.29 is 23.9 Å². The minimum Gasteiger partial charge on any atom is -0.497 e. The van der Waals surface area contributed by atoms with Gasteiger partial charge in [0, 0.05) is 12.1 Å². The van der Waals surface area contributed by atoms with Crippen LogP contribution in [-0.2, 0) is 17.8 Å². The van der Waals surface area contributed by atoms with Gasteiger partial charge >= 0.3 is 0 Å². The van der Waals surface area contributed by atoms with Gasteiger partial charge in [-0.25, -0.2) is 5.43 Å². The summed E-state index contributed by atoms with van der Waals surface area (Å²) in [5.74, 6) is 1.53. The number of ether oxygens (including phenoxy) is 3. The summed E-state index contributed by atoms with van der Waals surface area (Å²) >= 11 is 2.12. The van der Waals surface area contributed by atoms with Crippen LogP contribution in [-0.4, -0.2) is 31.3 Å². The molecule has 0 saturated heterocycles. The topological polar surface area (TPSA) is 112 Å². The lowest BCUT2D eigenvalue weighted by atomic mass is 10.1. The highest BCUT2D eigenvalue weighted by Gasteiger charge is 2.12. The van der Waals surface area contributed by atoms with E-state index in [9.17, 15) is 14.9 Å². The van der Waals surface area contributed by atoms with Crippen molar-refractivity contribution in [2.45, 2.75) is 13.0 Å². The summed E-state index contributed by atoms with van der Waals surface area (Å²) in [6, 6.07) is 17.0. The maximum Gasteiger partial charge on any atom is 0.269 e. The van der Waals surface area contributed by atoms with Crippen molar-refractivity contribution in [3.05, 3.63) is 91.0 Å². The molecule has 34 heavy (non-hydrogen) atoms. The van der Waals surface area contributed by atoms with Gasteiger partial charge in [-0.3, -0.25) is 14.9 Å². The fourth-order valence-electron chi connectivity index (χ4n) is 2.97. The number of hydrogen-bond donors (Lipinski definition) is 1. The number of carbonyl (C=O) groups excluding carboxylic acids is 1. The SMILES string of the molecule is COc1ccc(CC(=O)N/N=C\c2cc(I)c(OCc3ccc([N+](=O)[O-])cc3)c(OC)c2)cc1. The predicted molar refractivity (Wildman–Crippen MR) is 136 cm³/mol. The number of rotatable bonds is 10. The van der Waals surface area contributed by atoms with E-state index < -0.39 is 4.92 Å². The van der Waals surface area contributed by atoms with Gasteiger partial charge in [-0.2, -0.15) is 5.10 Å². The predicted octanol–water partition coefficient (Wildman–Crippen LogP) is 4.49. The Labute approximate surface area is 210 Å². The Morgan fingerprint density at radius 2 is 1.74 bits per heavy atom. The number of nitro benzene ring substituents is 1. The Morgan fingerprint density at radius 1 is 1.06 bits per heavy atom. The molecule has 0 aliphatic heterocycles. The molecule has 9 nitrogen and oxygen atoms in total. The number of hydrogen-bond acceptors (Lipinski definition) is 7. The second-order valence-corrected chi connectivity index (χ2v) is 8.23. The summed E-state index contributed by atoms with van der Waals surface area (Å²) in [5.41, 5.74) is 4.89. The molecule has 0 radical (unpaired) electrons. The maximum atomic E-state index is 12.1. The van der Waals surface area contributed by atoms with Crippen LogP contribution in [0.1, 0.15) is 16.7 Å². The van der Waals surface area contributed by atoms with Crippen LogP contribution in [0.5, 0.6) is 17.2 Å². The highest BCUT2D eigenvalue weighted by atomic mass is 127. The zero-order chi connectivity index (χ0) is 24.5. The van der Waals surface area contributed by atoms with Crippen LogP contribution in [0.4, 0.5) is 5.69 Å². The zero-order valence-electron chi connectivity index (χ0n) is 18.5. The Morgan fingerprint density at radius 3 is 2.35 bits per heavy atom. The molecule has 0 saturated carbocycles. The molecule has 0 unspecified atom stereocenters. The van der Waals surface area contributed by atoms with Gasteiger partial charge in [0.15, 0.2) is 11.5 Å². The fourth-order valence-corrected chi connectivity index (χ4v) is 3.75. The van der Waals surface area contributed by atoms with Crippen molar-refractivity contribution in [3.8, 4) is 17.2 Å². The summed E-state index contributed by atoms with van der Waals surface area (Å²) in [4.78, 5) is 22.5. The number of amides is 1. The summed E-state index contributed by atoms with van der Waals surface area (Å²) in [5, 5.41) is 14.8. The van der Waals surface area contributed by atoms with E-state index in [1.54, 1.807) is 37.4 Å². The number of carbonyl (C=O) groups is 1. The molecule has 0 aromatic heterocycles. The number of nitro groups is 1.